The van der Waals surface area contributed by atoms with E-state index in [1.54, 1.807) is 7.11 Å². The van der Waals surface area contributed by atoms with Gasteiger partial charge in [0, 0.05) is 12.1 Å². The highest BCUT2D eigenvalue weighted by Gasteiger charge is 2.37. The Morgan fingerprint density at radius 1 is 1.17 bits per heavy atom. The Kier molecular flexibility index (Phi) is 5.71. The molecule has 1 aliphatic rings. The number of ether oxygens (including phenoxy) is 1. The van der Waals surface area contributed by atoms with Crippen molar-refractivity contribution in [2.24, 2.45) is 0 Å². The molecule has 0 saturated heterocycles. The van der Waals surface area contributed by atoms with E-state index in [-0.39, 0.29) is 11.9 Å². The van der Waals surface area contributed by atoms with Gasteiger partial charge >= 0.3 is 0 Å². The summed E-state index contributed by atoms with van der Waals surface area (Å²) in [4.78, 5) is 13.2. The summed E-state index contributed by atoms with van der Waals surface area (Å²) in [6, 6.07) is 17.1. The molecule has 7 nitrogen and oxygen atoms in total. The minimum atomic E-state index is -0.398. The van der Waals surface area contributed by atoms with Crippen LogP contribution in [0.4, 0.5) is 5.69 Å². The van der Waals surface area contributed by atoms with E-state index in [2.05, 4.69) is 27.9 Å². The summed E-state index contributed by atoms with van der Waals surface area (Å²) in [6.07, 6.45) is 1.80. The van der Waals surface area contributed by atoms with Crippen molar-refractivity contribution in [1.82, 2.24) is 14.9 Å². The number of aromatic nitrogens is 3. The first-order chi connectivity index (χ1) is 14.2. The number of rotatable bonds is 6. The van der Waals surface area contributed by atoms with Gasteiger partial charge in [-0.15, -0.1) is 10.2 Å². The summed E-state index contributed by atoms with van der Waals surface area (Å²) in [7, 11) is 1.62. The van der Waals surface area contributed by atoms with Gasteiger partial charge in [0.25, 0.3) is 0 Å². The lowest BCUT2D eigenvalue weighted by atomic mass is 10.0. The van der Waals surface area contributed by atoms with Gasteiger partial charge in [0.15, 0.2) is 5.82 Å². The average molecular weight is 410 g/mol. The third-order valence-electron chi connectivity index (χ3n) is 4.75. The van der Waals surface area contributed by atoms with Crippen molar-refractivity contribution in [2.75, 3.05) is 17.9 Å². The van der Waals surface area contributed by atoms with Gasteiger partial charge < -0.3 is 15.5 Å². The van der Waals surface area contributed by atoms with Crippen molar-refractivity contribution in [3.05, 3.63) is 66.0 Å². The number of anilines is 1. The number of hydrogen-bond acceptors (Lipinski definition) is 6. The van der Waals surface area contributed by atoms with Crippen LogP contribution in [0.2, 0.25) is 0 Å². The van der Waals surface area contributed by atoms with Crippen LogP contribution in [-0.4, -0.2) is 33.1 Å². The lowest BCUT2D eigenvalue weighted by Gasteiger charge is -2.33. The van der Waals surface area contributed by atoms with E-state index in [1.165, 1.54) is 11.8 Å². The Morgan fingerprint density at radius 3 is 2.62 bits per heavy atom. The first-order valence-corrected chi connectivity index (χ1v) is 10.4. The van der Waals surface area contributed by atoms with Crippen molar-refractivity contribution < 1.29 is 9.53 Å². The molecule has 4 rings (SSSR count). The molecule has 0 unspecified atom stereocenters. The molecule has 0 saturated carbocycles. The Hall–Kier alpha value is -3.00. The third-order valence-corrected chi connectivity index (χ3v) is 5.97. The Labute approximate surface area is 173 Å². The summed E-state index contributed by atoms with van der Waals surface area (Å²) in [6.45, 7) is 2.11. The number of methoxy groups -OCH3 is 1. The topological polar surface area (TPSA) is 81.1 Å². The van der Waals surface area contributed by atoms with Gasteiger partial charge in [-0.3, -0.25) is 4.79 Å². The van der Waals surface area contributed by atoms with Crippen molar-refractivity contribution in [1.29, 1.82) is 0 Å². The number of aryl methyl sites for hydroxylation is 1. The molecule has 0 bridgehead atoms. The Bertz CT molecular complexity index is 974. The van der Waals surface area contributed by atoms with E-state index in [4.69, 9.17) is 4.74 Å². The molecule has 8 heteroatoms. The van der Waals surface area contributed by atoms with E-state index in [1.807, 2.05) is 59.3 Å². The van der Waals surface area contributed by atoms with Crippen LogP contribution in [0.25, 0.3) is 0 Å². The number of carbonyl (C=O) groups excluding carboxylic acids is 1. The van der Waals surface area contributed by atoms with Crippen molar-refractivity contribution in [3.8, 4) is 5.75 Å². The molecule has 1 aromatic heterocycles. The zero-order valence-corrected chi connectivity index (χ0v) is 17.1. The summed E-state index contributed by atoms with van der Waals surface area (Å²) >= 11 is 1.43. The van der Waals surface area contributed by atoms with Gasteiger partial charge in [0.2, 0.25) is 11.1 Å². The lowest BCUT2D eigenvalue weighted by molar-refractivity contribution is -0.116. The van der Waals surface area contributed by atoms with Gasteiger partial charge in [-0.25, -0.2) is 4.68 Å². The van der Waals surface area contributed by atoms with Gasteiger partial charge in [-0.05, 0) is 36.2 Å². The maximum Gasteiger partial charge on any atom is 0.240 e. The predicted molar refractivity (Wildman–Crippen MR) is 114 cm³/mol. The van der Waals surface area contributed by atoms with Crippen molar-refractivity contribution in [2.45, 2.75) is 36.2 Å². The number of carbonyl (C=O) groups is 1. The van der Waals surface area contributed by atoms with Crippen molar-refractivity contribution >= 4 is 23.4 Å². The number of hydrogen-bond donors (Lipinski definition) is 2. The summed E-state index contributed by atoms with van der Waals surface area (Å²) in [5.41, 5.74) is 5.23. The Morgan fingerprint density at radius 2 is 1.93 bits per heavy atom. The molecule has 2 N–H and O–H groups in total. The first kappa shape index (κ1) is 19.3. The number of thioether (sulfide) groups is 1. The second-order valence-electron chi connectivity index (χ2n) is 6.76. The molecule has 3 aromatic rings. The highest BCUT2D eigenvalue weighted by atomic mass is 32.2. The van der Waals surface area contributed by atoms with Crippen LogP contribution >= 0.6 is 11.8 Å². The second-order valence-corrected chi connectivity index (χ2v) is 7.87. The fraction of sp³-hybridized carbons (Fsp3) is 0.286. The van der Waals surface area contributed by atoms with E-state index in [0.717, 1.165) is 35.7 Å². The minimum absolute atomic E-state index is 0.0900. The molecule has 1 aliphatic heterocycles. The van der Waals surface area contributed by atoms with Gasteiger partial charge in [0.1, 0.15) is 11.0 Å². The molecular formula is C21H23N5O2S. The van der Waals surface area contributed by atoms with Crippen LogP contribution in [0.3, 0.4) is 0 Å². The van der Waals surface area contributed by atoms with E-state index in [0.29, 0.717) is 5.16 Å². The highest BCUT2D eigenvalue weighted by Crippen LogP contribution is 2.37. The van der Waals surface area contributed by atoms with Crippen LogP contribution in [-0.2, 0) is 11.2 Å². The molecule has 150 valence electrons. The predicted octanol–water partition coefficient (Wildman–Crippen LogP) is 3.64. The minimum Gasteiger partial charge on any atom is -0.497 e. The Balaban J connectivity index is 1.62. The SMILES string of the molecule is CCCc1nnc2n1N[C@@H](c1ccccc1)[C@@H](C(=O)Nc1ccc(OC)cc1)S2. The zero-order chi connectivity index (χ0) is 20.2. The second kappa shape index (κ2) is 8.57. The zero-order valence-electron chi connectivity index (χ0n) is 16.3. The van der Waals surface area contributed by atoms with E-state index >= 15 is 0 Å². The monoisotopic (exact) mass is 409 g/mol. The largest absolute Gasteiger partial charge is 0.497 e. The summed E-state index contributed by atoms with van der Waals surface area (Å²) in [5, 5.41) is 11.9. The molecule has 29 heavy (non-hydrogen) atoms. The number of benzene rings is 2. The molecule has 2 atom stereocenters. The molecule has 0 spiro atoms. The third kappa shape index (κ3) is 4.07. The van der Waals surface area contributed by atoms with Gasteiger partial charge in [0.05, 0.1) is 13.2 Å². The van der Waals surface area contributed by atoms with Crippen LogP contribution in [0, 0.1) is 0 Å². The normalized spacial score (nSPS) is 17.9. The van der Waals surface area contributed by atoms with Crippen LogP contribution in [0.15, 0.2) is 59.8 Å². The number of nitrogens with zero attached hydrogens (tertiary/aromatic N) is 3. The molecule has 0 aliphatic carbocycles. The molecule has 0 radical (unpaired) electrons. The molecular weight excluding hydrogens is 386 g/mol. The molecule has 2 aromatic carbocycles. The fourth-order valence-electron chi connectivity index (χ4n) is 3.28. The molecule has 0 fully saturated rings. The van der Waals surface area contributed by atoms with Gasteiger partial charge in [-0.1, -0.05) is 49.0 Å². The quantitative estimate of drug-likeness (QED) is 0.647. The van der Waals surface area contributed by atoms with Crippen LogP contribution < -0.4 is 15.5 Å². The maximum absolute atomic E-state index is 13.2. The summed E-state index contributed by atoms with van der Waals surface area (Å²) < 4.78 is 7.10. The maximum atomic E-state index is 13.2. The van der Waals surface area contributed by atoms with E-state index < -0.39 is 5.25 Å². The van der Waals surface area contributed by atoms with E-state index in [9.17, 15) is 4.79 Å². The standard InChI is InChI=1S/C21H23N5O2S/c1-3-7-17-23-24-21-26(17)25-18(14-8-5-4-6-9-14)19(29-21)20(27)22-15-10-12-16(28-2)13-11-15/h4-6,8-13,18-19,25H,3,7H2,1-2H3,(H,22,27)/t18-,19-/m0/s1. The number of amides is 1. The first-order valence-electron chi connectivity index (χ1n) is 9.57. The average Bonchev–Trinajstić information content (AvgIpc) is 3.16. The fourth-order valence-corrected chi connectivity index (χ4v) is 4.38. The van der Waals surface area contributed by atoms with Crippen LogP contribution in [0.5, 0.6) is 5.75 Å². The number of nitrogens with one attached hydrogen (secondary N) is 2. The smallest absolute Gasteiger partial charge is 0.240 e. The van der Waals surface area contributed by atoms with Gasteiger partial charge in [-0.2, -0.15) is 0 Å². The highest BCUT2D eigenvalue weighted by molar-refractivity contribution is 8.00. The number of fused-ring (bicyclic) bond motifs is 1. The summed E-state index contributed by atoms with van der Waals surface area (Å²) in [5.74, 6) is 1.54. The van der Waals surface area contributed by atoms with Crippen molar-refractivity contribution in [3.63, 3.8) is 0 Å². The molecule has 2 heterocycles. The lowest BCUT2D eigenvalue weighted by Crippen LogP contribution is -2.41. The molecule has 1 amide bonds. The van der Waals surface area contributed by atoms with Crippen LogP contribution in [0.1, 0.15) is 30.8 Å².